The zero-order valence-corrected chi connectivity index (χ0v) is 9.87. The predicted octanol–water partition coefficient (Wildman–Crippen LogP) is 1.95. The maximum Gasteiger partial charge on any atom is 0.0108 e. The van der Waals surface area contributed by atoms with E-state index in [1.807, 2.05) is 0 Å². The van der Waals surface area contributed by atoms with Gasteiger partial charge >= 0.3 is 0 Å². The van der Waals surface area contributed by atoms with Crippen LogP contribution in [0.1, 0.15) is 39.5 Å². The molecule has 2 unspecified atom stereocenters. The summed E-state index contributed by atoms with van der Waals surface area (Å²) in [5.74, 6) is 0. The quantitative estimate of drug-likeness (QED) is 0.632. The second-order valence-electron chi connectivity index (χ2n) is 5.26. The first-order valence-electron chi connectivity index (χ1n) is 6.14. The molecule has 0 aromatic heterocycles. The second kappa shape index (κ2) is 4.19. The first-order chi connectivity index (χ1) is 6.68. The monoisotopic (exact) mass is 196 g/mol. The Hall–Kier alpha value is -0.0800. The topological polar surface area (TPSA) is 6.48 Å². The minimum absolute atomic E-state index is 0.734. The van der Waals surface area contributed by atoms with Gasteiger partial charge < -0.3 is 9.80 Å². The number of hydrogen-bond donors (Lipinski definition) is 0. The summed E-state index contributed by atoms with van der Waals surface area (Å²) in [6.07, 6.45) is 5.64. The van der Waals surface area contributed by atoms with Crippen LogP contribution in [0.2, 0.25) is 0 Å². The molecule has 0 N–H and O–H groups in total. The maximum atomic E-state index is 2.65. The van der Waals surface area contributed by atoms with Gasteiger partial charge in [-0.25, -0.2) is 0 Å². The Kier molecular flexibility index (Phi) is 3.13. The van der Waals surface area contributed by atoms with Crippen LogP contribution < -0.4 is 0 Å². The molecular weight excluding hydrogens is 172 g/mol. The van der Waals surface area contributed by atoms with E-state index in [2.05, 4.69) is 30.7 Å². The van der Waals surface area contributed by atoms with Gasteiger partial charge in [0.1, 0.15) is 0 Å². The number of nitrogens with zero attached hydrogens (tertiary/aromatic N) is 2. The molecule has 0 spiro atoms. The largest absolute Gasteiger partial charge is 0.301 e. The Morgan fingerprint density at radius 1 is 0.929 bits per heavy atom. The summed E-state index contributed by atoms with van der Waals surface area (Å²) in [6, 6.07) is 2.49. The summed E-state index contributed by atoms with van der Waals surface area (Å²) in [5, 5.41) is 0. The summed E-state index contributed by atoms with van der Waals surface area (Å²) in [5.41, 5.74) is 0. The standard InChI is InChI=1S/C12H24N2/c1-10(2)14-8-6-11-4-5-12(7-9-14)13(11)3/h10-12H,4-9H2,1-3H3. The molecule has 0 saturated carbocycles. The lowest BCUT2D eigenvalue weighted by molar-refractivity contribution is 0.128. The predicted molar refractivity (Wildman–Crippen MR) is 60.5 cm³/mol. The van der Waals surface area contributed by atoms with Gasteiger partial charge in [0.15, 0.2) is 0 Å². The minimum atomic E-state index is 0.734. The minimum Gasteiger partial charge on any atom is -0.301 e. The van der Waals surface area contributed by atoms with E-state index < -0.39 is 0 Å². The molecule has 82 valence electrons. The highest BCUT2D eigenvalue weighted by Gasteiger charge is 2.32. The molecule has 0 aromatic rings. The molecule has 0 radical (unpaired) electrons. The molecule has 2 heterocycles. The van der Waals surface area contributed by atoms with Gasteiger partial charge in [-0.2, -0.15) is 0 Å². The maximum absolute atomic E-state index is 2.65. The fourth-order valence-corrected chi connectivity index (χ4v) is 3.04. The van der Waals surface area contributed by atoms with Crippen LogP contribution >= 0.6 is 0 Å². The first kappa shape index (κ1) is 10.4. The molecule has 2 fully saturated rings. The van der Waals surface area contributed by atoms with Gasteiger partial charge in [-0.3, -0.25) is 0 Å². The van der Waals surface area contributed by atoms with Crippen LogP contribution in [0, 0.1) is 0 Å². The van der Waals surface area contributed by atoms with E-state index in [0.29, 0.717) is 0 Å². The van der Waals surface area contributed by atoms with Crippen molar-refractivity contribution in [2.24, 2.45) is 0 Å². The van der Waals surface area contributed by atoms with Gasteiger partial charge in [-0.05, 0) is 59.7 Å². The summed E-state index contributed by atoms with van der Waals surface area (Å²) in [4.78, 5) is 5.29. The van der Waals surface area contributed by atoms with Crippen LogP contribution in [-0.2, 0) is 0 Å². The van der Waals surface area contributed by atoms with Gasteiger partial charge in [-0.1, -0.05) is 0 Å². The Bertz CT molecular complexity index is 175. The van der Waals surface area contributed by atoms with E-state index in [1.165, 1.54) is 38.8 Å². The molecule has 2 aliphatic heterocycles. The summed E-state index contributed by atoms with van der Waals surface area (Å²) in [7, 11) is 2.33. The third kappa shape index (κ3) is 1.96. The summed E-state index contributed by atoms with van der Waals surface area (Å²) >= 11 is 0. The second-order valence-corrected chi connectivity index (χ2v) is 5.26. The van der Waals surface area contributed by atoms with Crippen LogP contribution in [0.25, 0.3) is 0 Å². The SMILES string of the molecule is CC(C)N1CCC2CCC(CC1)N2C. The smallest absolute Gasteiger partial charge is 0.0108 e. The molecular formula is C12H24N2. The normalized spacial score (nSPS) is 36.0. The molecule has 0 aromatic carbocycles. The van der Waals surface area contributed by atoms with Crippen molar-refractivity contribution < 1.29 is 0 Å². The number of fused-ring (bicyclic) bond motifs is 2. The average molecular weight is 196 g/mol. The van der Waals surface area contributed by atoms with Crippen LogP contribution in [0.15, 0.2) is 0 Å². The number of rotatable bonds is 1. The Morgan fingerprint density at radius 3 is 1.86 bits per heavy atom. The van der Waals surface area contributed by atoms with Crippen molar-refractivity contribution in [3.63, 3.8) is 0 Å². The molecule has 2 heteroatoms. The van der Waals surface area contributed by atoms with Crippen molar-refractivity contribution in [3.8, 4) is 0 Å². The van der Waals surface area contributed by atoms with Crippen LogP contribution in [0.3, 0.4) is 0 Å². The van der Waals surface area contributed by atoms with E-state index in [9.17, 15) is 0 Å². The molecule has 0 aliphatic carbocycles. The van der Waals surface area contributed by atoms with E-state index in [1.54, 1.807) is 0 Å². The van der Waals surface area contributed by atoms with Crippen LogP contribution in [0.4, 0.5) is 0 Å². The summed E-state index contributed by atoms with van der Waals surface area (Å²) < 4.78 is 0. The average Bonchev–Trinajstić information content (AvgIpc) is 2.51. The van der Waals surface area contributed by atoms with E-state index in [4.69, 9.17) is 0 Å². The Labute approximate surface area is 88.3 Å². The van der Waals surface area contributed by atoms with Crippen molar-refractivity contribution in [2.45, 2.75) is 57.7 Å². The lowest BCUT2D eigenvalue weighted by Crippen LogP contribution is -2.43. The third-order valence-electron chi connectivity index (χ3n) is 4.21. The highest BCUT2D eigenvalue weighted by atomic mass is 15.2. The zero-order valence-electron chi connectivity index (χ0n) is 9.87. The molecule has 14 heavy (non-hydrogen) atoms. The van der Waals surface area contributed by atoms with Crippen molar-refractivity contribution >= 4 is 0 Å². The molecule has 2 aliphatic rings. The van der Waals surface area contributed by atoms with Crippen molar-refractivity contribution in [3.05, 3.63) is 0 Å². The van der Waals surface area contributed by atoms with Gasteiger partial charge in [-0.15, -0.1) is 0 Å². The van der Waals surface area contributed by atoms with E-state index in [0.717, 1.165) is 18.1 Å². The van der Waals surface area contributed by atoms with Crippen LogP contribution in [-0.4, -0.2) is 48.1 Å². The Morgan fingerprint density at radius 2 is 1.43 bits per heavy atom. The highest BCUT2D eigenvalue weighted by molar-refractivity contribution is 4.88. The Balaban J connectivity index is 1.97. The number of hydrogen-bond acceptors (Lipinski definition) is 2. The fourth-order valence-electron chi connectivity index (χ4n) is 3.04. The molecule has 2 atom stereocenters. The highest BCUT2D eigenvalue weighted by Crippen LogP contribution is 2.29. The van der Waals surface area contributed by atoms with E-state index >= 15 is 0 Å². The fraction of sp³-hybridized carbons (Fsp3) is 1.00. The van der Waals surface area contributed by atoms with E-state index in [-0.39, 0.29) is 0 Å². The summed E-state index contributed by atoms with van der Waals surface area (Å²) in [6.45, 7) is 7.26. The lowest BCUT2D eigenvalue weighted by Gasteiger charge is -2.35. The third-order valence-corrected chi connectivity index (χ3v) is 4.21. The van der Waals surface area contributed by atoms with Crippen LogP contribution in [0.5, 0.6) is 0 Å². The lowest BCUT2D eigenvalue weighted by atomic mass is 10.1. The molecule has 2 saturated heterocycles. The van der Waals surface area contributed by atoms with Gasteiger partial charge in [0.2, 0.25) is 0 Å². The molecule has 0 amide bonds. The first-order valence-corrected chi connectivity index (χ1v) is 6.14. The van der Waals surface area contributed by atoms with Gasteiger partial charge in [0.05, 0.1) is 0 Å². The van der Waals surface area contributed by atoms with Crippen molar-refractivity contribution in [1.29, 1.82) is 0 Å². The molecule has 2 rings (SSSR count). The molecule has 2 bridgehead atoms. The van der Waals surface area contributed by atoms with Crippen molar-refractivity contribution in [2.75, 3.05) is 20.1 Å². The van der Waals surface area contributed by atoms with Crippen molar-refractivity contribution in [1.82, 2.24) is 9.80 Å². The van der Waals surface area contributed by atoms with Gasteiger partial charge in [0, 0.05) is 18.1 Å². The zero-order chi connectivity index (χ0) is 10.1. The van der Waals surface area contributed by atoms with Gasteiger partial charge in [0.25, 0.3) is 0 Å². The molecule has 2 nitrogen and oxygen atoms in total.